The van der Waals surface area contributed by atoms with E-state index >= 15 is 0 Å². The Morgan fingerprint density at radius 1 is 1.38 bits per heavy atom. The molecule has 16 heavy (non-hydrogen) atoms. The van der Waals surface area contributed by atoms with Crippen molar-refractivity contribution < 1.29 is 8.42 Å². The van der Waals surface area contributed by atoms with E-state index in [0.29, 0.717) is 18.5 Å². The second-order valence-electron chi connectivity index (χ2n) is 4.25. The minimum atomic E-state index is -2.90. The second kappa shape index (κ2) is 6.08. The standard InChI is InChI=1S/C10H21N3O2S/c1-11-10(12-7-8-16(2,14)15)13-9-5-3-4-6-9/h9H,3-8H2,1-2H3,(H2,11,12,13). The molecule has 1 aliphatic rings. The predicted molar refractivity (Wildman–Crippen MR) is 66.5 cm³/mol. The van der Waals surface area contributed by atoms with Crippen LogP contribution in [-0.4, -0.2) is 46.0 Å². The number of aliphatic imine (C=N–C) groups is 1. The Bertz CT molecular complexity index is 332. The molecule has 1 saturated carbocycles. The number of guanidine groups is 1. The second-order valence-corrected chi connectivity index (χ2v) is 6.51. The highest BCUT2D eigenvalue weighted by atomic mass is 32.2. The fraction of sp³-hybridized carbons (Fsp3) is 0.900. The van der Waals surface area contributed by atoms with Crippen molar-refractivity contribution in [2.24, 2.45) is 4.99 Å². The average molecular weight is 247 g/mol. The van der Waals surface area contributed by atoms with Crippen LogP contribution >= 0.6 is 0 Å². The summed E-state index contributed by atoms with van der Waals surface area (Å²) in [6, 6.07) is 0.490. The molecule has 0 aliphatic heterocycles. The summed E-state index contributed by atoms with van der Waals surface area (Å²) in [4.78, 5) is 4.07. The Morgan fingerprint density at radius 2 is 2.00 bits per heavy atom. The van der Waals surface area contributed by atoms with Crippen molar-refractivity contribution in [3.63, 3.8) is 0 Å². The van der Waals surface area contributed by atoms with Crippen molar-refractivity contribution in [3.8, 4) is 0 Å². The van der Waals surface area contributed by atoms with E-state index in [1.807, 2.05) is 0 Å². The molecule has 0 bridgehead atoms. The summed E-state index contributed by atoms with van der Waals surface area (Å²) in [5.41, 5.74) is 0. The summed E-state index contributed by atoms with van der Waals surface area (Å²) in [5, 5.41) is 6.31. The van der Waals surface area contributed by atoms with Crippen LogP contribution in [0.1, 0.15) is 25.7 Å². The SMILES string of the molecule is CN=C(NCCS(C)(=O)=O)NC1CCCC1. The minimum absolute atomic E-state index is 0.137. The molecule has 0 heterocycles. The molecule has 0 aromatic carbocycles. The zero-order chi connectivity index (χ0) is 12.0. The van der Waals surface area contributed by atoms with Crippen molar-refractivity contribution >= 4 is 15.8 Å². The molecule has 0 amide bonds. The van der Waals surface area contributed by atoms with Crippen LogP contribution in [0.25, 0.3) is 0 Å². The molecule has 0 spiro atoms. The first-order valence-corrected chi connectivity index (χ1v) is 7.72. The molecule has 0 atom stereocenters. The lowest BCUT2D eigenvalue weighted by molar-refractivity contribution is 0.598. The molecule has 0 aromatic rings. The molecule has 94 valence electrons. The summed E-state index contributed by atoms with van der Waals surface area (Å²) in [6.07, 6.45) is 6.11. The molecule has 5 nitrogen and oxygen atoms in total. The van der Waals surface area contributed by atoms with Gasteiger partial charge < -0.3 is 10.6 Å². The fourth-order valence-corrected chi connectivity index (χ4v) is 2.29. The normalized spacial score (nSPS) is 18.8. The van der Waals surface area contributed by atoms with Crippen LogP contribution in [-0.2, 0) is 9.84 Å². The van der Waals surface area contributed by atoms with Crippen LogP contribution in [0.5, 0.6) is 0 Å². The molecule has 0 unspecified atom stereocenters. The number of rotatable bonds is 4. The molecule has 6 heteroatoms. The van der Waals surface area contributed by atoms with Crippen molar-refractivity contribution in [2.75, 3.05) is 25.6 Å². The van der Waals surface area contributed by atoms with Gasteiger partial charge in [-0.05, 0) is 12.8 Å². The molecule has 0 radical (unpaired) electrons. The van der Waals surface area contributed by atoms with Crippen LogP contribution in [0, 0.1) is 0 Å². The van der Waals surface area contributed by atoms with Gasteiger partial charge in [0, 0.05) is 25.9 Å². The van der Waals surface area contributed by atoms with Gasteiger partial charge in [0.05, 0.1) is 5.75 Å². The maximum absolute atomic E-state index is 10.9. The van der Waals surface area contributed by atoms with Gasteiger partial charge in [-0.3, -0.25) is 4.99 Å². The summed E-state index contributed by atoms with van der Waals surface area (Å²) in [6.45, 7) is 0.408. The molecule has 2 N–H and O–H groups in total. The van der Waals surface area contributed by atoms with Gasteiger partial charge in [0.2, 0.25) is 0 Å². The monoisotopic (exact) mass is 247 g/mol. The van der Waals surface area contributed by atoms with Crippen molar-refractivity contribution in [1.82, 2.24) is 10.6 Å². The number of nitrogens with one attached hydrogen (secondary N) is 2. The van der Waals surface area contributed by atoms with Gasteiger partial charge in [0.15, 0.2) is 5.96 Å². The van der Waals surface area contributed by atoms with Gasteiger partial charge in [-0.25, -0.2) is 8.42 Å². The molecule has 0 saturated heterocycles. The zero-order valence-electron chi connectivity index (χ0n) is 9.99. The first-order valence-electron chi connectivity index (χ1n) is 5.66. The Labute approximate surface area is 97.6 Å². The Morgan fingerprint density at radius 3 is 2.50 bits per heavy atom. The smallest absolute Gasteiger partial charge is 0.191 e. The van der Waals surface area contributed by atoms with Crippen molar-refractivity contribution in [1.29, 1.82) is 0 Å². The minimum Gasteiger partial charge on any atom is -0.355 e. The zero-order valence-corrected chi connectivity index (χ0v) is 10.8. The quantitative estimate of drug-likeness (QED) is 0.547. The van der Waals surface area contributed by atoms with E-state index in [-0.39, 0.29) is 5.75 Å². The van der Waals surface area contributed by atoms with Gasteiger partial charge in [-0.1, -0.05) is 12.8 Å². The maximum Gasteiger partial charge on any atom is 0.191 e. The van der Waals surface area contributed by atoms with Crippen LogP contribution < -0.4 is 10.6 Å². The third-order valence-electron chi connectivity index (χ3n) is 2.68. The number of nitrogens with zero attached hydrogens (tertiary/aromatic N) is 1. The fourth-order valence-electron chi connectivity index (χ4n) is 1.81. The molecular weight excluding hydrogens is 226 g/mol. The Kier molecular flexibility index (Phi) is 5.05. The lowest BCUT2D eigenvalue weighted by atomic mass is 10.2. The lowest BCUT2D eigenvalue weighted by Crippen LogP contribution is -2.43. The van der Waals surface area contributed by atoms with Crippen LogP contribution in [0.4, 0.5) is 0 Å². The Balaban J connectivity index is 2.27. The topological polar surface area (TPSA) is 70.6 Å². The maximum atomic E-state index is 10.9. The highest BCUT2D eigenvalue weighted by molar-refractivity contribution is 7.90. The van der Waals surface area contributed by atoms with Crippen LogP contribution in [0.2, 0.25) is 0 Å². The number of sulfone groups is 1. The van der Waals surface area contributed by atoms with Crippen LogP contribution in [0.3, 0.4) is 0 Å². The van der Waals surface area contributed by atoms with E-state index in [1.165, 1.54) is 31.9 Å². The molecule has 1 fully saturated rings. The van der Waals surface area contributed by atoms with Gasteiger partial charge in [-0.15, -0.1) is 0 Å². The molecule has 1 aliphatic carbocycles. The molecule has 0 aromatic heterocycles. The van der Waals surface area contributed by atoms with Gasteiger partial charge in [-0.2, -0.15) is 0 Å². The van der Waals surface area contributed by atoms with Gasteiger partial charge in [0.25, 0.3) is 0 Å². The predicted octanol–water partition coefficient (Wildman–Crippen LogP) is 0.139. The van der Waals surface area contributed by atoms with Crippen molar-refractivity contribution in [3.05, 3.63) is 0 Å². The van der Waals surface area contributed by atoms with Gasteiger partial charge >= 0.3 is 0 Å². The van der Waals surface area contributed by atoms with Crippen LogP contribution in [0.15, 0.2) is 4.99 Å². The summed E-state index contributed by atoms with van der Waals surface area (Å²) in [5.74, 6) is 0.841. The van der Waals surface area contributed by atoms with E-state index in [0.717, 1.165) is 0 Å². The highest BCUT2D eigenvalue weighted by Crippen LogP contribution is 2.17. The first kappa shape index (κ1) is 13.3. The molecular formula is C10H21N3O2S. The highest BCUT2D eigenvalue weighted by Gasteiger charge is 2.15. The number of hydrogen-bond donors (Lipinski definition) is 2. The summed E-state index contributed by atoms with van der Waals surface area (Å²) in [7, 11) is -1.20. The van der Waals surface area contributed by atoms with Crippen molar-refractivity contribution in [2.45, 2.75) is 31.7 Å². The number of hydrogen-bond acceptors (Lipinski definition) is 3. The van der Waals surface area contributed by atoms with E-state index in [4.69, 9.17) is 0 Å². The third kappa shape index (κ3) is 5.34. The summed E-state index contributed by atoms with van der Waals surface area (Å²) >= 11 is 0. The third-order valence-corrected chi connectivity index (χ3v) is 3.63. The average Bonchev–Trinajstić information content (AvgIpc) is 2.67. The van der Waals surface area contributed by atoms with Gasteiger partial charge in [0.1, 0.15) is 9.84 Å². The first-order chi connectivity index (χ1) is 7.51. The van der Waals surface area contributed by atoms with E-state index < -0.39 is 9.84 Å². The molecule has 1 rings (SSSR count). The van der Waals surface area contributed by atoms with E-state index in [1.54, 1.807) is 7.05 Å². The van der Waals surface area contributed by atoms with E-state index in [9.17, 15) is 8.42 Å². The largest absolute Gasteiger partial charge is 0.355 e. The lowest BCUT2D eigenvalue weighted by Gasteiger charge is -2.16. The van der Waals surface area contributed by atoms with E-state index in [2.05, 4.69) is 15.6 Å². The Hall–Kier alpha value is -0.780. The summed E-state index contributed by atoms with van der Waals surface area (Å²) < 4.78 is 21.9.